The van der Waals surface area contributed by atoms with Gasteiger partial charge in [-0.1, -0.05) is 29.8 Å². The van der Waals surface area contributed by atoms with Crippen molar-refractivity contribution >= 4 is 37.1 Å². The molecule has 46 heavy (non-hydrogen) atoms. The summed E-state index contributed by atoms with van der Waals surface area (Å²) in [5, 5.41) is 9.38. The number of ketones is 1. The normalized spacial score (nSPS) is 20.5. The number of rotatable bonds is 14. The van der Waals surface area contributed by atoms with Crippen LogP contribution in [0.2, 0.25) is 0 Å². The van der Waals surface area contributed by atoms with E-state index in [4.69, 9.17) is 30.1 Å². The summed E-state index contributed by atoms with van der Waals surface area (Å²) >= 11 is 6.34. The molecule has 0 spiro atoms. The van der Waals surface area contributed by atoms with Crippen molar-refractivity contribution in [3.8, 4) is 11.5 Å². The summed E-state index contributed by atoms with van der Waals surface area (Å²) in [5.41, 5.74) is -3.16. The first-order chi connectivity index (χ1) is 21.5. The van der Waals surface area contributed by atoms with Crippen LogP contribution in [0.15, 0.2) is 42.6 Å². The van der Waals surface area contributed by atoms with Gasteiger partial charge in [0.1, 0.15) is 22.8 Å². The Morgan fingerprint density at radius 2 is 1.57 bits per heavy atom. The van der Waals surface area contributed by atoms with E-state index in [-0.39, 0.29) is 12.2 Å². The second-order valence-electron chi connectivity index (χ2n) is 9.97. The minimum atomic E-state index is -5.48. The number of hydrogen-bond donors (Lipinski definition) is 1. The van der Waals surface area contributed by atoms with Gasteiger partial charge in [-0.3, -0.25) is 14.1 Å². The molecule has 0 radical (unpaired) electrons. The van der Waals surface area contributed by atoms with Crippen LogP contribution in [0.25, 0.3) is 0 Å². The molecule has 3 unspecified atom stereocenters. The molecule has 18 heteroatoms. The third-order valence-electron chi connectivity index (χ3n) is 6.93. The third-order valence-corrected chi connectivity index (χ3v) is 8.73. The Bertz CT molecular complexity index is 1520. The van der Waals surface area contributed by atoms with Gasteiger partial charge in [0, 0.05) is 19.7 Å². The predicted molar refractivity (Wildman–Crippen MR) is 149 cm³/mol. The van der Waals surface area contributed by atoms with Crippen LogP contribution >= 0.6 is 19.4 Å². The van der Waals surface area contributed by atoms with Crippen molar-refractivity contribution in [1.29, 1.82) is 0 Å². The maximum atomic E-state index is 14.4. The third kappa shape index (κ3) is 7.69. The average Bonchev–Trinajstić information content (AvgIpc) is 3.02. The molecule has 0 aromatic heterocycles. The van der Waals surface area contributed by atoms with Crippen LogP contribution < -0.4 is 9.05 Å². The number of esters is 1. The molecular weight excluding hydrogens is 672 g/mol. The van der Waals surface area contributed by atoms with E-state index >= 15 is 0 Å². The van der Waals surface area contributed by atoms with Crippen LogP contribution in [0.3, 0.4) is 0 Å². The van der Waals surface area contributed by atoms with Gasteiger partial charge in [-0.15, -0.1) is 0 Å². The number of ether oxygens (including phenoxy) is 2. The van der Waals surface area contributed by atoms with E-state index in [1.807, 2.05) is 0 Å². The lowest BCUT2D eigenvalue weighted by Crippen LogP contribution is -2.56. The number of halogens is 6. The number of carbonyl (C=O) groups is 3. The minimum Gasteiger partial charge on any atom is -0.459 e. The fraction of sp³-hybridized carbons (Fsp3) is 0.393. The van der Waals surface area contributed by atoms with E-state index in [2.05, 4.69) is 4.52 Å². The lowest BCUT2D eigenvalue weighted by Gasteiger charge is -2.40. The monoisotopic (exact) mass is 699 g/mol. The van der Waals surface area contributed by atoms with Gasteiger partial charge in [0.15, 0.2) is 11.9 Å². The molecule has 0 aliphatic carbocycles. The number of allylic oxidation sites excluding steroid dienone is 1. The predicted octanol–water partition coefficient (Wildman–Crippen LogP) is 5.18. The Morgan fingerprint density at radius 1 is 1.00 bits per heavy atom. The highest BCUT2D eigenvalue weighted by atomic mass is 35.5. The summed E-state index contributed by atoms with van der Waals surface area (Å²) in [7, 11) is -4.17. The topological polar surface area (TPSA) is 138 Å². The Morgan fingerprint density at radius 3 is 2.11 bits per heavy atom. The van der Waals surface area contributed by atoms with Crippen molar-refractivity contribution < 1.29 is 69.1 Å². The van der Waals surface area contributed by atoms with E-state index in [1.54, 1.807) is 0 Å². The lowest BCUT2D eigenvalue weighted by molar-refractivity contribution is -0.170. The van der Waals surface area contributed by atoms with Gasteiger partial charge in [0.2, 0.25) is 40.7 Å². The maximum Gasteiger partial charge on any atom is 0.588 e. The number of benzene rings is 2. The molecule has 252 valence electrons. The Balaban J connectivity index is 1.86. The van der Waals surface area contributed by atoms with Crippen molar-refractivity contribution in [2.24, 2.45) is 5.41 Å². The van der Waals surface area contributed by atoms with Gasteiger partial charge in [-0.25, -0.2) is 22.5 Å². The second kappa shape index (κ2) is 14.9. The molecule has 0 saturated heterocycles. The molecule has 0 bridgehead atoms. The van der Waals surface area contributed by atoms with Crippen LogP contribution in [0.4, 0.5) is 22.0 Å². The van der Waals surface area contributed by atoms with Gasteiger partial charge in [-0.2, -0.15) is 8.78 Å². The quantitative estimate of drug-likeness (QED) is 0.0411. The summed E-state index contributed by atoms with van der Waals surface area (Å²) in [5.74, 6) is -17.8. The molecule has 1 heterocycles. The summed E-state index contributed by atoms with van der Waals surface area (Å²) in [4.78, 5) is 40.3. The van der Waals surface area contributed by atoms with Crippen LogP contribution in [-0.2, 0) is 32.9 Å². The van der Waals surface area contributed by atoms with Gasteiger partial charge in [-0.05, 0) is 39.0 Å². The number of hydrogen-bond acceptors (Lipinski definition) is 10. The zero-order valence-electron chi connectivity index (χ0n) is 24.5. The highest BCUT2D eigenvalue weighted by Crippen LogP contribution is 2.52. The van der Waals surface area contributed by atoms with Gasteiger partial charge in [0.25, 0.3) is 0 Å². The van der Waals surface area contributed by atoms with Crippen molar-refractivity contribution in [2.45, 2.75) is 51.0 Å². The molecule has 1 amide bonds. The van der Waals surface area contributed by atoms with E-state index in [0.717, 1.165) is 31.0 Å². The van der Waals surface area contributed by atoms with Crippen LogP contribution in [0.1, 0.15) is 27.2 Å². The van der Waals surface area contributed by atoms with Crippen molar-refractivity contribution in [3.05, 3.63) is 71.7 Å². The number of methoxy groups -OCH3 is 1. The zero-order valence-corrected chi connectivity index (χ0v) is 26.2. The Labute approximate surface area is 264 Å². The molecular formula is C28H28ClF5NO10P. The first-order valence-electron chi connectivity index (χ1n) is 13.3. The summed E-state index contributed by atoms with van der Waals surface area (Å²) in [6.07, 6.45) is -2.24. The molecule has 0 fully saturated rings. The molecule has 11 nitrogen and oxygen atoms in total. The summed E-state index contributed by atoms with van der Waals surface area (Å²) < 4.78 is 109. The van der Waals surface area contributed by atoms with Gasteiger partial charge < -0.3 is 28.5 Å². The standard InChI is InChI=1S/C28H28ClF5NO10P/c1-14(26(38)42-15(2)28(3)18(37)10-11-35(27(28)39)19(29)12-17(13-36)41-4)43-46(40,44-16-8-6-5-7-9-16)45-25-23(33)21(31)20(30)22(32)24(25)34/h5-11,14-15,17,19,36H,12-13H2,1-4H3/t14-,15?,17-,19+,28?,46?/m0/s1. The van der Waals surface area contributed by atoms with Crippen LogP contribution in [0, 0.1) is 34.5 Å². The van der Waals surface area contributed by atoms with Crippen molar-refractivity contribution in [3.63, 3.8) is 0 Å². The second-order valence-corrected chi connectivity index (χ2v) is 11.9. The van der Waals surface area contributed by atoms with E-state index in [1.165, 1.54) is 44.4 Å². The molecule has 2 aromatic carbocycles. The molecule has 0 saturated carbocycles. The lowest BCUT2D eigenvalue weighted by atomic mass is 9.77. The highest BCUT2D eigenvalue weighted by Gasteiger charge is 2.52. The molecule has 1 N–H and O–H groups in total. The number of nitrogens with zero attached hydrogens (tertiary/aromatic N) is 1. The summed E-state index contributed by atoms with van der Waals surface area (Å²) in [6.45, 7) is 2.83. The van der Waals surface area contributed by atoms with Crippen LogP contribution in [-0.4, -0.2) is 65.2 Å². The SMILES string of the molecule is CO[C@H](CO)C[C@H](Cl)N1C=CC(=O)C(C)(C(C)OC(=O)[C@H](C)OP(=O)(Oc2ccccc2)Oc2c(F)c(F)c(F)c(F)c2F)C1=O. The first kappa shape index (κ1) is 36.9. The average molecular weight is 700 g/mol. The highest BCUT2D eigenvalue weighted by molar-refractivity contribution is 7.49. The number of aliphatic hydroxyl groups excluding tert-OH is 1. The molecule has 1 aliphatic rings. The maximum absolute atomic E-state index is 14.4. The number of phosphoric ester groups is 1. The fourth-order valence-electron chi connectivity index (χ4n) is 4.01. The number of carbonyl (C=O) groups excluding carboxylic acids is 3. The van der Waals surface area contributed by atoms with E-state index in [0.29, 0.717) is 0 Å². The first-order valence-corrected chi connectivity index (χ1v) is 15.2. The Hall–Kier alpha value is -3.56. The minimum absolute atomic E-state index is 0.0479. The number of para-hydroxylation sites is 1. The van der Waals surface area contributed by atoms with Crippen molar-refractivity contribution in [1.82, 2.24) is 4.90 Å². The van der Waals surface area contributed by atoms with E-state index < -0.39 is 96.2 Å². The summed E-state index contributed by atoms with van der Waals surface area (Å²) in [6, 6.07) is 6.55. The zero-order chi connectivity index (χ0) is 34.6. The Kier molecular flexibility index (Phi) is 12.0. The van der Waals surface area contributed by atoms with Gasteiger partial charge >= 0.3 is 13.8 Å². The van der Waals surface area contributed by atoms with Crippen molar-refractivity contribution in [2.75, 3.05) is 13.7 Å². The molecule has 1 aliphatic heterocycles. The molecule has 2 aromatic rings. The number of alkyl halides is 1. The number of phosphoric acid groups is 1. The fourth-order valence-corrected chi connectivity index (χ4v) is 5.72. The van der Waals surface area contributed by atoms with Crippen LogP contribution in [0.5, 0.6) is 11.5 Å². The molecule has 3 rings (SSSR count). The largest absolute Gasteiger partial charge is 0.588 e. The van der Waals surface area contributed by atoms with E-state index in [9.17, 15) is 46.0 Å². The number of amides is 1. The number of aliphatic hydroxyl groups is 1. The smallest absolute Gasteiger partial charge is 0.459 e. The molecule has 6 atom stereocenters. The van der Waals surface area contributed by atoms with Gasteiger partial charge in [0.05, 0.1) is 12.7 Å².